The van der Waals surface area contributed by atoms with Gasteiger partial charge in [0, 0.05) is 5.75 Å². The Balaban J connectivity index is 2.50. The van der Waals surface area contributed by atoms with E-state index in [0.717, 1.165) is 5.56 Å². The number of esters is 2. The quantitative estimate of drug-likeness (QED) is 0.393. The summed E-state index contributed by atoms with van der Waals surface area (Å²) in [5, 5.41) is 0. The molecule has 1 aromatic rings. The Kier molecular flexibility index (Phi) is 5.84. The molecule has 2 atom stereocenters. The molecule has 0 saturated carbocycles. The zero-order valence-electron chi connectivity index (χ0n) is 9.78. The van der Waals surface area contributed by atoms with Crippen molar-refractivity contribution in [3.8, 4) is 0 Å². The van der Waals surface area contributed by atoms with Crippen molar-refractivity contribution in [3.63, 3.8) is 0 Å². The molecule has 0 heterocycles. The second-order valence-electron chi connectivity index (χ2n) is 3.83. The first-order chi connectivity index (χ1) is 8.54. The molecule has 0 aliphatic carbocycles. The van der Waals surface area contributed by atoms with Gasteiger partial charge >= 0.3 is 11.9 Å². The molecule has 0 aliphatic heterocycles. The van der Waals surface area contributed by atoms with Crippen LogP contribution in [0.3, 0.4) is 0 Å². The molecule has 0 radical (unpaired) electrons. The molecule has 0 saturated heterocycles. The van der Waals surface area contributed by atoms with E-state index in [4.69, 9.17) is 11.5 Å². The predicted molar refractivity (Wildman–Crippen MR) is 71.0 cm³/mol. The van der Waals surface area contributed by atoms with Gasteiger partial charge in [0.15, 0.2) is 0 Å². The molecule has 1 aromatic carbocycles. The van der Waals surface area contributed by atoms with E-state index in [1.165, 1.54) is 0 Å². The highest BCUT2D eigenvalue weighted by Crippen LogP contribution is 2.03. The minimum atomic E-state index is -0.916. The maximum absolute atomic E-state index is 11.5. The van der Waals surface area contributed by atoms with Crippen molar-refractivity contribution in [2.75, 3.05) is 5.75 Å². The van der Waals surface area contributed by atoms with Crippen LogP contribution in [0.5, 0.6) is 0 Å². The zero-order chi connectivity index (χ0) is 13.5. The van der Waals surface area contributed by atoms with Crippen LogP contribution in [0.25, 0.3) is 0 Å². The smallest absolute Gasteiger partial charge is 0.331 e. The lowest BCUT2D eigenvalue weighted by Crippen LogP contribution is -2.41. The Bertz CT molecular complexity index is 411. The van der Waals surface area contributed by atoms with E-state index >= 15 is 0 Å². The maximum atomic E-state index is 11.5. The first kappa shape index (κ1) is 14.7. The molecular formula is C12H16N2O3S. The number of nitrogens with two attached hydrogens (primary N) is 2. The van der Waals surface area contributed by atoms with Crippen molar-refractivity contribution in [2.45, 2.75) is 18.5 Å². The second kappa shape index (κ2) is 7.15. The van der Waals surface area contributed by atoms with Crippen LogP contribution in [0.2, 0.25) is 0 Å². The lowest BCUT2D eigenvalue weighted by atomic mass is 10.1. The molecule has 0 aliphatic rings. The first-order valence-electron chi connectivity index (χ1n) is 5.46. The maximum Gasteiger partial charge on any atom is 0.331 e. The third-order valence-electron chi connectivity index (χ3n) is 2.30. The Morgan fingerprint density at radius 2 is 1.67 bits per heavy atom. The third-order valence-corrected chi connectivity index (χ3v) is 2.70. The molecule has 0 spiro atoms. The summed E-state index contributed by atoms with van der Waals surface area (Å²) in [6, 6.07) is 7.43. The Morgan fingerprint density at radius 3 is 2.22 bits per heavy atom. The van der Waals surface area contributed by atoms with E-state index in [1.807, 2.05) is 30.3 Å². The normalized spacial score (nSPS) is 13.7. The first-order valence-corrected chi connectivity index (χ1v) is 6.09. The number of hydrogen-bond donors (Lipinski definition) is 3. The summed E-state index contributed by atoms with van der Waals surface area (Å²) in [6.07, 6.45) is 0.309. The lowest BCUT2D eigenvalue weighted by Gasteiger charge is -2.12. The number of carbonyl (C=O) groups is 2. The van der Waals surface area contributed by atoms with Crippen LogP contribution in [-0.4, -0.2) is 29.8 Å². The molecule has 0 fully saturated rings. The van der Waals surface area contributed by atoms with Crippen LogP contribution in [0.15, 0.2) is 30.3 Å². The van der Waals surface area contributed by atoms with Gasteiger partial charge in [-0.3, -0.25) is 0 Å². The molecule has 0 unspecified atom stereocenters. The number of hydrogen-bond acceptors (Lipinski definition) is 6. The predicted octanol–water partition coefficient (Wildman–Crippen LogP) is -0.117. The van der Waals surface area contributed by atoms with Crippen LogP contribution in [-0.2, 0) is 20.7 Å². The summed E-state index contributed by atoms with van der Waals surface area (Å²) in [7, 11) is 0. The van der Waals surface area contributed by atoms with E-state index in [1.54, 1.807) is 0 Å². The van der Waals surface area contributed by atoms with E-state index < -0.39 is 24.0 Å². The van der Waals surface area contributed by atoms with Gasteiger partial charge in [-0.25, -0.2) is 9.59 Å². The van der Waals surface area contributed by atoms with E-state index in [0.29, 0.717) is 6.42 Å². The standard InChI is InChI=1S/C12H16N2O3S/c13-9(6-8-4-2-1-3-5-8)11(15)17-12(16)10(14)7-18/h1-5,9-10,18H,6-7,13-14H2/t9-,10-/m0/s1. The number of rotatable bonds is 5. The fraction of sp³-hybridized carbons (Fsp3) is 0.333. The molecule has 98 valence electrons. The Labute approximate surface area is 111 Å². The fourth-order valence-electron chi connectivity index (χ4n) is 1.28. The molecule has 1 rings (SSSR count). The Hall–Kier alpha value is -1.37. The highest BCUT2D eigenvalue weighted by molar-refractivity contribution is 7.80. The van der Waals surface area contributed by atoms with Crippen molar-refractivity contribution in [2.24, 2.45) is 11.5 Å². The van der Waals surface area contributed by atoms with Crippen LogP contribution < -0.4 is 11.5 Å². The van der Waals surface area contributed by atoms with Gasteiger partial charge in [0.05, 0.1) is 0 Å². The molecular weight excluding hydrogens is 252 g/mol. The summed E-state index contributed by atoms with van der Waals surface area (Å²) in [5.74, 6) is -1.47. The van der Waals surface area contributed by atoms with Gasteiger partial charge in [-0.1, -0.05) is 30.3 Å². The number of carbonyl (C=O) groups excluding carboxylic acids is 2. The van der Waals surface area contributed by atoms with Crippen LogP contribution in [0, 0.1) is 0 Å². The SMILES string of the molecule is N[C@@H](CS)C(=O)OC(=O)[C@@H](N)Cc1ccccc1. The van der Waals surface area contributed by atoms with Crippen LogP contribution >= 0.6 is 12.6 Å². The average Bonchev–Trinajstić information content (AvgIpc) is 2.38. The molecule has 5 nitrogen and oxygen atoms in total. The van der Waals surface area contributed by atoms with Gasteiger partial charge in [-0.15, -0.1) is 0 Å². The topological polar surface area (TPSA) is 95.4 Å². The van der Waals surface area contributed by atoms with Gasteiger partial charge in [-0.2, -0.15) is 12.6 Å². The molecule has 0 bridgehead atoms. The van der Waals surface area contributed by atoms with Crippen molar-refractivity contribution >= 4 is 24.6 Å². The molecule has 0 amide bonds. The second-order valence-corrected chi connectivity index (χ2v) is 4.19. The van der Waals surface area contributed by atoms with Gasteiger partial charge in [-0.05, 0) is 12.0 Å². The van der Waals surface area contributed by atoms with Crippen molar-refractivity contribution in [1.82, 2.24) is 0 Å². The summed E-state index contributed by atoms with van der Waals surface area (Å²) >= 11 is 3.84. The van der Waals surface area contributed by atoms with Crippen molar-refractivity contribution < 1.29 is 14.3 Å². The van der Waals surface area contributed by atoms with E-state index in [2.05, 4.69) is 17.4 Å². The highest BCUT2D eigenvalue weighted by Gasteiger charge is 2.22. The van der Waals surface area contributed by atoms with Gasteiger partial charge in [0.25, 0.3) is 0 Å². The summed E-state index contributed by atoms with van der Waals surface area (Å²) in [5.41, 5.74) is 11.9. The molecule has 0 aromatic heterocycles. The third kappa shape index (κ3) is 4.48. The van der Waals surface area contributed by atoms with Crippen molar-refractivity contribution in [3.05, 3.63) is 35.9 Å². The van der Waals surface area contributed by atoms with E-state index in [-0.39, 0.29) is 5.75 Å². The Morgan fingerprint density at radius 1 is 1.11 bits per heavy atom. The number of ether oxygens (including phenoxy) is 1. The van der Waals surface area contributed by atoms with E-state index in [9.17, 15) is 9.59 Å². The number of thiol groups is 1. The number of benzene rings is 1. The lowest BCUT2D eigenvalue weighted by molar-refractivity contribution is -0.161. The molecule has 6 heteroatoms. The van der Waals surface area contributed by atoms with Gasteiger partial charge in [0.2, 0.25) is 0 Å². The summed E-state index contributed by atoms with van der Waals surface area (Å²) < 4.78 is 4.56. The summed E-state index contributed by atoms with van der Waals surface area (Å²) in [6.45, 7) is 0. The average molecular weight is 268 g/mol. The largest absolute Gasteiger partial charge is 0.391 e. The monoisotopic (exact) mass is 268 g/mol. The van der Waals surface area contributed by atoms with Gasteiger partial charge < -0.3 is 16.2 Å². The fourth-order valence-corrected chi connectivity index (χ4v) is 1.43. The van der Waals surface area contributed by atoms with Crippen molar-refractivity contribution in [1.29, 1.82) is 0 Å². The van der Waals surface area contributed by atoms with Crippen LogP contribution in [0.1, 0.15) is 5.56 Å². The highest BCUT2D eigenvalue weighted by atomic mass is 32.1. The zero-order valence-corrected chi connectivity index (χ0v) is 10.7. The minimum Gasteiger partial charge on any atom is -0.391 e. The molecule has 4 N–H and O–H groups in total. The van der Waals surface area contributed by atoms with Crippen LogP contribution in [0.4, 0.5) is 0 Å². The summed E-state index contributed by atoms with van der Waals surface area (Å²) in [4.78, 5) is 22.8. The van der Waals surface area contributed by atoms with Gasteiger partial charge in [0.1, 0.15) is 12.1 Å². The molecule has 18 heavy (non-hydrogen) atoms. The minimum absolute atomic E-state index is 0.111.